The van der Waals surface area contributed by atoms with E-state index in [0.29, 0.717) is 5.56 Å². The second-order valence-corrected chi connectivity index (χ2v) is 3.87. The van der Waals surface area contributed by atoms with Crippen LogP contribution in [0.1, 0.15) is 15.9 Å². The normalized spacial score (nSPS) is 11.8. The summed E-state index contributed by atoms with van der Waals surface area (Å²) in [5, 5.41) is 9.09. The third kappa shape index (κ3) is 2.44. The number of benzene rings is 1. The van der Waals surface area contributed by atoms with Gasteiger partial charge in [-0.25, -0.2) is 0 Å². The fourth-order valence-corrected chi connectivity index (χ4v) is 1.68. The van der Waals surface area contributed by atoms with Crippen molar-refractivity contribution < 1.29 is 18.0 Å². The molecule has 0 radical (unpaired) electrons. The van der Waals surface area contributed by atoms with Crippen molar-refractivity contribution in [3.8, 4) is 0 Å². The van der Waals surface area contributed by atoms with E-state index >= 15 is 0 Å². The largest absolute Gasteiger partial charge is 0.405 e. The van der Waals surface area contributed by atoms with E-state index in [2.05, 4.69) is 10.2 Å². The Morgan fingerprint density at radius 2 is 2.17 bits per heavy atom. The maximum Gasteiger partial charge on any atom is 0.405 e. The highest BCUT2D eigenvalue weighted by Gasteiger charge is 2.28. The van der Waals surface area contributed by atoms with E-state index in [-0.39, 0.29) is 5.56 Å². The average molecular weight is 257 g/mol. The molecular formula is C11H10F3N3O. The molecule has 0 bridgehead atoms. The van der Waals surface area contributed by atoms with Crippen LogP contribution in [0.25, 0.3) is 10.9 Å². The van der Waals surface area contributed by atoms with Crippen LogP contribution < -0.4 is 5.32 Å². The Bertz CT molecular complexity index is 589. The summed E-state index contributed by atoms with van der Waals surface area (Å²) in [4.78, 5) is 11.6. The van der Waals surface area contributed by atoms with Crippen molar-refractivity contribution in [2.24, 2.45) is 0 Å². The number of H-pyrrole nitrogens is 1. The molecule has 0 spiro atoms. The topological polar surface area (TPSA) is 57.8 Å². The van der Waals surface area contributed by atoms with E-state index in [0.717, 1.165) is 10.9 Å². The number of nitrogens with zero attached hydrogens (tertiary/aromatic N) is 1. The van der Waals surface area contributed by atoms with Gasteiger partial charge in [0.1, 0.15) is 6.54 Å². The molecule has 1 aromatic heterocycles. The van der Waals surface area contributed by atoms with Crippen LogP contribution in [0, 0.1) is 6.92 Å². The molecule has 1 aromatic carbocycles. The smallest absolute Gasteiger partial charge is 0.343 e. The monoisotopic (exact) mass is 257 g/mol. The predicted molar refractivity (Wildman–Crippen MR) is 59.2 cm³/mol. The van der Waals surface area contributed by atoms with E-state index in [4.69, 9.17) is 0 Å². The van der Waals surface area contributed by atoms with Crippen molar-refractivity contribution >= 4 is 16.8 Å². The summed E-state index contributed by atoms with van der Waals surface area (Å²) in [7, 11) is 0. The van der Waals surface area contributed by atoms with Gasteiger partial charge in [-0.3, -0.25) is 9.89 Å². The molecule has 0 saturated carbocycles. The maximum atomic E-state index is 12.0. The van der Waals surface area contributed by atoms with Crippen molar-refractivity contribution in [3.63, 3.8) is 0 Å². The van der Waals surface area contributed by atoms with Crippen molar-refractivity contribution in [3.05, 3.63) is 29.5 Å². The average Bonchev–Trinajstić information content (AvgIpc) is 2.74. The molecule has 18 heavy (non-hydrogen) atoms. The Kier molecular flexibility index (Phi) is 2.98. The molecule has 4 nitrogen and oxygen atoms in total. The first-order chi connectivity index (χ1) is 8.38. The van der Waals surface area contributed by atoms with Gasteiger partial charge in [0.25, 0.3) is 5.91 Å². The zero-order valence-corrected chi connectivity index (χ0v) is 9.43. The molecule has 2 aromatic rings. The molecule has 2 rings (SSSR count). The van der Waals surface area contributed by atoms with Gasteiger partial charge in [-0.2, -0.15) is 18.3 Å². The van der Waals surface area contributed by atoms with Crippen LogP contribution in [0.2, 0.25) is 0 Å². The van der Waals surface area contributed by atoms with Crippen LogP contribution in [0.5, 0.6) is 0 Å². The van der Waals surface area contributed by atoms with Gasteiger partial charge in [0.2, 0.25) is 0 Å². The van der Waals surface area contributed by atoms with Crippen molar-refractivity contribution in [1.29, 1.82) is 0 Å². The number of alkyl halides is 3. The Balaban J connectivity index is 2.25. The van der Waals surface area contributed by atoms with E-state index < -0.39 is 18.6 Å². The Labute approximate surface area is 100 Å². The third-order valence-electron chi connectivity index (χ3n) is 2.59. The third-order valence-corrected chi connectivity index (χ3v) is 2.59. The van der Waals surface area contributed by atoms with Crippen LogP contribution in [0.4, 0.5) is 13.2 Å². The highest BCUT2D eigenvalue weighted by Crippen LogP contribution is 2.20. The minimum absolute atomic E-state index is 0.216. The van der Waals surface area contributed by atoms with E-state index in [1.807, 2.05) is 5.32 Å². The summed E-state index contributed by atoms with van der Waals surface area (Å²) in [6, 6.07) is 3.08. The minimum atomic E-state index is -4.41. The van der Waals surface area contributed by atoms with Crippen LogP contribution in [-0.2, 0) is 0 Å². The van der Waals surface area contributed by atoms with Gasteiger partial charge >= 0.3 is 6.18 Å². The van der Waals surface area contributed by atoms with Gasteiger partial charge in [0.05, 0.1) is 11.7 Å². The number of aromatic nitrogens is 2. The second-order valence-electron chi connectivity index (χ2n) is 3.87. The number of fused-ring (bicyclic) bond motifs is 1. The van der Waals surface area contributed by atoms with Gasteiger partial charge in [0.15, 0.2) is 0 Å². The standard InChI is InChI=1S/C11H10F3N3O/c1-6-7(10(18)15-5-11(12,13)14)2-3-9-8(6)4-16-17-9/h2-4H,5H2,1H3,(H,15,18)(H,16,17). The van der Waals surface area contributed by atoms with Crippen LogP contribution in [0.3, 0.4) is 0 Å². The zero-order valence-electron chi connectivity index (χ0n) is 9.43. The number of halogens is 3. The zero-order chi connectivity index (χ0) is 13.3. The lowest BCUT2D eigenvalue weighted by molar-refractivity contribution is -0.123. The Morgan fingerprint density at radius 3 is 2.83 bits per heavy atom. The first-order valence-corrected chi connectivity index (χ1v) is 5.16. The number of aryl methyl sites for hydroxylation is 1. The summed E-state index contributed by atoms with van der Waals surface area (Å²) < 4.78 is 36.0. The van der Waals surface area contributed by atoms with E-state index in [1.165, 1.54) is 12.3 Å². The quantitative estimate of drug-likeness (QED) is 0.866. The summed E-state index contributed by atoms with van der Waals surface area (Å²) in [5.74, 6) is -0.743. The van der Waals surface area contributed by atoms with Crippen LogP contribution in [0.15, 0.2) is 18.3 Å². The van der Waals surface area contributed by atoms with Gasteiger partial charge < -0.3 is 5.32 Å². The van der Waals surface area contributed by atoms with Gasteiger partial charge in [0, 0.05) is 10.9 Å². The highest BCUT2D eigenvalue weighted by atomic mass is 19.4. The maximum absolute atomic E-state index is 12.0. The fourth-order valence-electron chi connectivity index (χ4n) is 1.68. The Hall–Kier alpha value is -2.05. The number of aromatic amines is 1. The number of amides is 1. The van der Waals surface area contributed by atoms with Gasteiger partial charge in [-0.15, -0.1) is 0 Å². The van der Waals surface area contributed by atoms with Crippen LogP contribution in [-0.4, -0.2) is 28.8 Å². The first-order valence-electron chi connectivity index (χ1n) is 5.16. The van der Waals surface area contributed by atoms with E-state index in [1.54, 1.807) is 13.0 Å². The van der Waals surface area contributed by atoms with Crippen LogP contribution >= 0.6 is 0 Å². The lowest BCUT2D eigenvalue weighted by Gasteiger charge is -2.10. The lowest BCUT2D eigenvalue weighted by atomic mass is 10.0. The SMILES string of the molecule is Cc1c(C(=O)NCC(F)(F)F)ccc2[nH]ncc12. The molecule has 0 aliphatic heterocycles. The lowest BCUT2D eigenvalue weighted by Crippen LogP contribution is -2.34. The Morgan fingerprint density at radius 1 is 1.44 bits per heavy atom. The molecule has 96 valence electrons. The number of rotatable bonds is 2. The first kappa shape index (κ1) is 12.4. The van der Waals surface area contributed by atoms with E-state index in [9.17, 15) is 18.0 Å². The van der Waals surface area contributed by atoms with Gasteiger partial charge in [-0.05, 0) is 24.6 Å². The van der Waals surface area contributed by atoms with Gasteiger partial charge in [-0.1, -0.05) is 0 Å². The number of hydrogen-bond donors (Lipinski definition) is 2. The number of carbonyl (C=O) groups excluding carboxylic acids is 1. The molecule has 1 amide bonds. The molecule has 0 saturated heterocycles. The number of nitrogens with one attached hydrogen (secondary N) is 2. The molecule has 7 heteroatoms. The molecule has 0 aliphatic carbocycles. The highest BCUT2D eigenvalue weighted by molar-refractivity contribution is 6.00. The molecule has 0 unspecified atom stereocenters. The number of carbonyl (C=O) groups is 1. The molecule has 0 atom stereocenters. The fraction of sp³-hybridized carbons (Fsp3) is 0.273. The van der Waals surface area contributed by atoms with Crippen molar-refractivity contribution in [2.75, 3.05) is 6.54 Å². The molecule has 2 N–H and O–H groups in total. The summed E-state index contributed by atoms with van der Waals surface area (Å²) in [5.41, 5.74) is 1.55. The number of hydrogen-bond acceptors (Lipinski definition) is 2. The molecule has 0 aliphatic rings. The molecular weight excluding hydrogens is 247 g/mol. The minimum Gasteiger partial charge on any atom is -0.343 e. The predicted octanol–water partition coefficient (Wildman–Crippen LogP) is 2.16. The molecule has 0 fully saturated rings. The summed E-state index contributed by atoms with van der Waals surface area (Å²) in [6.07, 6.45) is -2.88. The second kappa shape index (κ2) is 4.32. The van der Waals surface area contributed by atoms with Crippen molar-refractivity contribution in [1.82, 2.24) is 15.5 Å². The summed E-state index contributed by atoms with van der Waals surface area (Å²) in [6.45, 7) is 0.328. The summed E-state index contributed by atoms with van der Waals surface area (Å²) >= 11 is 0. The van der Waals surface area contributed by atoms with Crippen molar-refractivity contribution in [2.45, 2.75) is 13.1 Å². The molecule has 1 heterocycles.